The van der Waals surface area contributed by atoms with Crippen LogP contribution in [0.4, 0.5) is 0 Å². The van der Waals surface area contributed by atoms with Gasteiger partial charge in [-0.3, -0.25) is 0 Å². The van der Waals surface area contributed by atoms with Gasteiger partial charge in [-0.05, 0) is 36.5 Å². The fraction of sp³-hybridized carbons (Fsp3) is 0.875. The summed E-state index contributed by atoms with van der Waals surface area (Å²) in [4.78, 5) is 0. The first-order valence-corrected chi connectivity index (χ1v) is 7.12. The smallest absolute Gasteiger partial charge is 0.0917 e. The lowest BCUT2D eigenvalue weighted by Crippen LogP contribution is -2.49. The summed E-state index contributed by atoms with van der Waals surface area (Å²) in [5, 5.41) is 20.5. The van der Waals surface area contributed by atoms with E-state index in [2.05, 4.69) is 34.6 Å². The molecule has 2 aliphatic rings. The van der Waals surface area contributed by atoms with Crippen molar-refractivity contribution in [1.82, 2.24) is 0 Å². The van der Waals surface area contributed by atoms with Gasteiger partial charge in [-0.2, -0.15) is 0 Å². The molecule has 2 N–H and O–H groups in total. The summed E-state index contributed by atoms with van der Waals surface area (Å²) < 4.78 is 0. The minimum atomic E-state index is -0.969. The lowest BCUT2D eigenvalue weighted by atomic mass is 9.53. The molecule has 104 valence electrons. The quantitative estimate of drug-likeness (QED) is 0.650. The second-order valence-corrected chi connectivity index (χ2v) is 7.92. The molecule has 0 radical (unpaired) electrons. The minimum Gasteiger partial charge on any atom is -0.390 e. The molecule has 3 unspecified atom stereocenters. The maximum Gasteiger partial charge on any atom is 0.0917 e. The van der Waals surface area contributed by atoms with Crippen molar-refractivity contribution >= 4 is 0 Å². The second-order valence-electron chi connectivity index (χ2n) is 7.92. The predicted molar refractivity (Wildman–Crippen MR) is 74.2 cm³/mol. The van der Waals surface area contributed by atoms with Crippen LogP contribution in [0.15, 0.2) is 11.1 Å². The predicted octanol–water partition coefficient (Wildman–Crippen LogP) is 3.28. The van der Waals surface area contributed by atoms with E-state index in [1.54, 1.807) is 6.92 Å². The summed E-state index contributed by atoms with van der Waals surface area (Å²) in [5.41, 5.74) is 2.10. The molecule has 0 saturated heterocycles. The van der Waals surface area contributed by atoms with E-state index in [4.69, 9.17) is 0 Å². The van der Waals surface area contributed by atoms with Crippen LogP contribution in [0, 0.1) is 16.7 Å². The third kappa shape index (κ3) is 1.94. The van der Waals surface area contributed by atoms with Crippen LogP contribution in [0.5, 0.6) is 0 Å². The first-order valence-electron chi connectivity index (χ1n) is 7.12. The van der Waals surface area contributed by atoms with Crippen LogP contribution in [0.2, 0.25) is 0 Å². The van der Waals surface area contributed by atoms with E-state index in [1.165, 1.54) is 11.1 Å². The largest absolute Gasteiger partial charge is 0.390 e. The van der Waals surface area contributed by atoms with Gasteiger partial charge in [0.2, 0.25) is 0 Å². The Morgan fingerprint density at radius 1 is 1.06 bits per heavy atom. The maximum absolute atomic E-state index is 10.4. The van der Waals surface area contributed by atoms with Crippen molar-refractivity contribution in [2.24, 2.45) is 16.7 Å². The molecule has 0 aromatic rings. The van der Waals surface area contributed by atoms with Crippen molar-refractivity contribution in [3.63, 3.8) is 0 Å². The van der Waals surface area contributed by atoms with Gasteiger partial charge in [-0.1, -0.05) is 45.8 Å². The van der Waals surface area contributed by atoms with E-state index in [0.717, 1.165) is 6.42 Å². The van der Waals surface area contributed by atoms with Crippen molar-refractivity contribution < 1.29 is 10.2 Å². The standard InChI is InChI=1S/C16H28O2/c1-10-8-14(2,3)11-7-13(17)16(6,18)9-12(11)15(10,4)5/h10,13,17-18H,7-9H2,1-6H3. The van der Waals surface area contributed by atoms with Crippen LogP contribution in [-0.2, 0) is 0 Å². The average molecular weight is 252 g/mol. The Kier molecular flexibility index (Phi) is 3.00. The first kappa shape index (κ1) is 14.1. The van der Waals surface area contributed by atoms with Gasteiger partial charge >= 0.3 is 0 Å². The van der Waals surface area contributed by atoms with E-state index in [1.807, 2.05) is 0 Å². The molecule has 0 amide bonds. The summed E-state index contributed by atoms with van der Waals surface area (Å²) in [5.74, 6) is 0.609. The van der Waals surface area contributed by atoms with Crippen LogP contribution in [0.3, 0.4) is 0 Å². The van der Waals surface area contributed by atoms with Crippen LogP contribution < -0.4 is 0 Å². The molecule has 18 heavy (non-hydrogen) atoms. The molecule has 2 rings (SSSR count). The van der Waals surface area contributed by atoms with Gasteiger partial charge in [0.1, 0.15) is 0 Å². The molecule has 0 aliphatic heterocycles. The van der Waals surface area contributed by atoms with Gasteiger partial charge in [-0.15, -0.1) is 0 Å². The van der Waals surface area contributed by atoms with E-state index >= 15 is 0 Å². The molecule has 0 bridgehead atoms. The molecule has 0 spiro atoms. The SMILES string of the molecule is CC1CC(C)(C)C2=C(CC(C)(O)C(O)C2)C1(C)C. The highest BCUT2D eigenvalue weighted by molar-refractivity contribution is 5.35. The van der Waals surface area contributed by atoms with E-state index in [-0.39, 0.29) is 10.8 Å². The Bertz CT molecular complexity index is 388. The van der Waals surface area contributed by atoms with E-state index in [9.17, 15) is 10.2 Å². The third-order valence-corrected chi connectivity index (χ3v) is 5.66. The number of aliphatic hydroxyl groups excluding tert-OH is 1. The van der Waals surface area contributed by atoms with Gasteiger partial charge in [-0.25, -0.2) is 0 Å². The molecule has 0 aromatic carbocycles. The summed E-state index contributed by atoms with van der Waals surface area (Å²) in [6.07, 6.45) is 1.78. The van der Waals surface area contributed by atoms with Crippen LogP contribution in [0.25, 0.3) is 0 Å². The maximum atomic E-state index is 10.4. The van der Waals surface area contributed by atoms with Crippen molar-refractivity contribution in [2.45, 2.75) is 72.5 Å². The zero-order valence-corrected chi connectivity index (χ0v) is 12.7. The van der Waals surface area contributed by atoms with Crippen molar-refractivity contribution in [2.75, 3.05) is 0 Å². The molecule has 3 atom stereocenters. The van der Waals surface area contributed by atoms with E-state index in [0.29, 0.717) is 18.8 Å². The monoisotopic (exact) mass is 252 g/mol. The fourth-order valence-corrected chi connectivity index (χ4v) is 3.86. The van der Waals surface area contributed by atoms with Gasteiger partial charge in [0.15, 0.2) is 0 Å². The van der Waals surface area contributed by atoms with Crippen LogP contribution >= 0.6 is 0 Å². The molecule has 0 aromatic heterocycles. The zero-order chi connectivity index (χ0) is 13.9. The molecule has 2 nitrogen and oxygen atoms in total. The Morgan fingerprint density at radius 3 is 2.17 bits per heavy atom. The molecule has 0 heterocycles. The highest BCUT2D eigenvalue weighted by Crippen LogP contribution is 2.57. The number of hydrogen-bond donors (Lipinski definition) is 2. The Morgan fingerprint density at radius 2 is 1.61 bits per heavy atom. The number of hydrogen-bond acceptors (Lipinski definition) is 2. The summed E-state index contributed by atoms with van der Waals surface area (Å²) in [6, 6.07) is 0. The van der Waals surface area contributed by atoms with Gasteiger partial charge in [0, 0.05) is 6.42 Å². The third-order valence-electron chi connectivity index (χ3n) is 5.66. The van der Waals surface area contributed by atoms with Crippen molar-refractivity contribution in [1.29, 1.82) is 0 Å². The molecule has 2 aliphatic carbocycles. The Labute approximate surface area is 111 Å². The molecular formula is C16H28O2. The van der Waals surface area contributed by atoms with Gasteiger partial charge < -0.3 is 10.2 Å². The van der Waals surface area contributed by atoms with E-state index < -0.39 is 11.7 Å². The van der Waals surface area contributed by atoms with Gasteiger partial charge in [0.05, 0.1) is 11.7 Å². The summed E-state index contributed by atoms with van der Waals surface area (Å²) in [7, 11) is 0. The lowest BCUT2D eigenvalue weighted by molar-refractivity contribution is -0.0772. The fourth-order valence-electron chi connectivity index (χ4n) is 3.86. The topological polar surface area (TPSA) is 40.5 Å². The highest BCUT2D eigenvalue weighted by atomic mass is 16.3. The summed E-state index contributed by atoms with van der Waals surface area (Å²) >= 11 is 0. The van der Waals surface area contributed by atoms with Gasteiger partial charge in [0.25, 0.3) is 0 Å². The summed E-state index contributed by atoms with van der Waals surface area (Å²) in [6.45, 7) is 13.2. The zero-order valence-electron chi connectivity index (χ0n) is 12.7. The lowest BCUT2D eigenvalue weighted by Gasteiger charge is -2.53. The number of rotatable bonds is 0. The first-order chi connectivity index (χ1) is 7.98. The van der Waals surface area contributed by atoms with Crippen LogP contribution in [-0.4, -0.2) is 21.9 Å². The molecule has 0 fully saturated rings. The average Bonchev–Trinajstić information content (AvgIpc) is 2.18. The van der Waals surface area contributed by atoms with Crippen molar-refractivity contribution in [3.8, 4) is 0 Å². The number of aliphatic hydroxyl groups is 2. The minimum absolute atomic E-state index is 0.134. The molecular weight excluding hydrogens is 224 g/mol. The normalized spacial score (nSPS) is 42.7. The van der Waals surface area contributed by atoms with Crippen LogP contribution in [0.1, 0.15) is 60.8 Å². The van der Waals surface area contributed by atoms with Crippen molar-refractivity contribution in [3.05, 3.63) is 11.1 Å². The Hall–Kier alpha value is -0.340. The molecule has 0 saturated carbocycles. The molecule has 2 heteroatoms. The highest BCUT2D eigenvalue weighted by Gasteiger charge is 2.50. The second kappa shape index (κ2) is 3.83. The Balaban J connectivity index is 2.54.